The van der Waals surface area contributed by atoms with Crippen LogP contribution in [0.1, 0.15) is 32.0 Å². The maximum absolute atomic E-state index is 6.22. The minimum atomic E-state index is 0.501. The van der Waals surface area contributed by atoms with E-state index >= 15 is 0 Å². The van der Waals surface area contributed by atoms with Crippen LogP contribution in [0.3, 0.4) is 0 Å². The Morgan fingerprint density at radius 2 is 2.05 bits per heavy atom. The maximum Gasteiger partial charge on any atom is 0.162 e. The number of likely N-dealkylation sites (tertiary alicyclic amines) is 1. The lowest BCUT2D eigenvalue weighted by Gasteiger charge is -2.30. The summed E-state index contributed by atoms with van der Waals surface area (Å²) < 4.78 is 1.75. The number of halogens is 1. The molecule has 20 heavy (non-hydrogen) atoms. The van der Waals surface area contributed by atoms with Gasteiger partial charge in [-0.1, -0.05) is 24.9 Å². The Labute approximate surface area is 124 Å². The Hall–Kier alpha value is -1.20. The zero-order valence-corrected chi connectivity index (χ0v) is 12.8. The van der Waals surface area contributed by atoms with E-state index in [-0.39, 0.29) is 0 Å². The van der Waals surface area contributed by atoms with Crippen LogP contribution in [-0.2, 0) is 13.6 Å². The molecule has 2 aromatic heterocycles. The number of nitrogens with zero attached hydrogens (tertiary/aromatic N) is 5. The summed E-state index contributed by atoms with van der Waals surface area (Å²) in [7, 11) is 1.88. The lowest BCUT2D eigenvalue weighted by molar-refractivity contribution is 0.171. The first-order valence-corrected chi connectivity index (χ1v) is 7.61. The Kier molecular flexibility index (Phi) is 3.89. The van der Waals surface area contributed by atoms with Gasteiger partial charge in [0.05, 0.1) is 18.1 Å². The molecule has 108 valence electrons. The Morgan fingerprint density at radius 3 is 2.75 bits per heavy atom. The molecule has 0 bridgehead atoms. The fraction of sp³-hybridized carbons (Fsp3) is 0.643. The van der Waals surface area contributed by atoms with Gasteiger partial charge in [-0.3, -0.25) is 9.58 Å². The van der Waals surface area contributed by atoms with E-state index in [2.05, 4.69) is 26.9 Å². The average molecular weight is 294 g/mol. The summed E-state index contributed by atoms with van der Waals surface area (Å²) >= 11 is 6.22. The highest BCUT2D eigenvalue weighted by molar-refractivity contribution is 6.33. The first kappa shape index (κ1) is 13.8. The van der Waals surface area contributed by atoms with Crippen LogP contribution in [0.15, 0.2) is 6.20 Å². The zero-order valence-electron chi connectivity index (χ0n) is 12.0. The van der Waals surface area contributed by atoms with Gasteiger partial charge in [0.25, 0.3) is 0 Å². The van der Waals surface area contributed by atoms with Crippen molar-refractivity contribution in [3.63, 3.8) is 0 Å². The van der Waals surface area contributed by atoms with Crippen molar-refractivity contribution in [2.24, 2.45) is 13.0 Å². The molecule has 0 unspecified atom stereocenters. The number of hydrogen-bond acceptors (Lipinski definition) is 4. The quantitative estimate of drug-likeness (QED) is 0.816. The monoisotopic (exact) mass is 293 g/mol. The summed E-state index contributed by atoms with van der Waals surface area (Å²) in [5.41, 5.74) is 0.809. The van der Waals surface area contributed by atoms with Gasteiger partial charge in [0.1, 0.15) is 11.0 Å². The molecule has 1 saturated heterocycles. The first-order valence-electron chi connectivity index (χ1n) is 7.24. The topological polar surface area (TPSA) is 46.8 Å². The SMILES string of the molecule is CCC1CCN(Cc2nc(Cl)c3cnn(C)c3n2)CC1. The van der Waals surface area contributed by atoms with Crippen LogP contribution in [-0.4, -0.2) is 37.7 Å². The van der Waals surface area contributed by atoms with Crippen molar-refractivity contribution in [1.82, 2.24) is 24.6 Å². The van der Waals surface area contributed by atoms with Crippen LogP contribution in [0.2, 0.25) is 5.15 Å². The van der Waals surface area contributed by atoms with Gasteiger partial charge in [-0.15, -0.1) is 0 Å². The highest BCUT2D eigenvalue weighted by Gasteiger charge is 2.19. The minimum Gasteiger partial charge on any atom is -0.296 e. The molecule has 1 aliphatic rings. The number of fused-ring (bicyclic) bond motifs is 1. The number of aromatic nitrogens is 4. The summed E-state index contributed by atoms with van der Waals surface area (Å²) in [4.78, 5) is 11.4. The van der Waals surface area contributed by atoms with E-state index < -0.39 is 0 Å². The van der Waals surface area contributed by atoms with Gasteiger partial charge >= 0.3 is 0 Å². The van der Waals surface area contributed by atoms with Gasteiger partial charge < -0.3 is 0 Å². The smallest absolute Gasteiger partial charge is 0.162 e. The van der Waals surface area contributed by atoms with Crippen molar-refractivity contribution < 1.29 is 0 Å². The summed E-state index contributed by atoms with van der Waals surface area (Å²) in [6.45, 7) is 5.31. The zero-order chi connectivity index (χ0) is 14.1. The number of aryl methyl sites for hydroxylation is 1. The van der Waals surface area contributed by atoms with Crippen molar-refractivity contribution >= 4 is 22.6 Å². The molecule has 3 heterocycles. The summed E-state index contributed by atoms with van der Waals surface area (Å²) in [5, 5.41) is 5.50. The number of hydrogen-bond donors (Lipinski definition) is 0. The number of piperidine rings is 1. The van der Waals surface area contributed by atoms with E-state index in [0.717, 1.165) is 42.4 Å². The second-order valence-corrected chi connectivity index (χ2v) is 5.92. The Balaban J connectivity index is 1.76. The van der Waals surface area contributed by atoms with Crippen LogP contribution in [0.4, 0.5) is 0 Å². The Morgan fingerprint density at radius 1 is 1.30 bits per heavy atom. The maximum atomic E-state index is 6.22. The predicted octanol–water partition coefficient (Wildman–Crippen LogP) is 2.64. The lowest BCUT2D eigenvalue weighted by Crippen LogP contribution is -2.33. The van der Waals surface area contributed by atoms with E-state index in [1.165, 1.54) is 19.3 Å². The standard InChI is InChI=1S/C14H20ClN5/c1-3-10-4-6-20(7-5-10)9-12-17-13(15)11-8-16-19(2)14(11)18-12/h8,10H,3-7,9H2,1-2H3. The highest BCUT2D eigenvalue weighted by atomic mass is 35.5. The van der Waals surface area contributed by atoms with Crippen molar-refractivity contribution in [2.45, 2.75) is 32.7 Å². The van der Waals surface area contributed by atoms with Gasteiger partial charge in [-0.2, -0.15) is 5.10 Å². The van der Waals surface area contributed by atoms with E-state index in [1.54, 1.807) is 10.9 Å². The van der Waals surface area contributed by atoms with Gasteiger partial charge in [0.2, 0.25) is 0 Å². The van der Waals surface area contributed by atoms with Crippen molar-refractivity contribution in [3.8, 4) is 0 Å². The lowest BCUT2D eigenvalue weighted by atomic mass is 9.94. The van der Waals surface area contributed by atoms with Gasteiger partial charge in [0, 0.05) is 7.05 Å². The van der Waals surface area contributed by atoms with Crippen LogP contribution in [0, 0.1) is 5.92 Å². The van der Waals surface area contributed by atoms with E-state index in [9.17, 15) is 0 Å². The molecule has 0 saturated carbocycles. The minimum absolute atomic E-state index is 0.501. The van der Waals surface area contributed by atoms with E-state index in [4.69, 9.17) is 11.6 Å². The van der Waals surface area contributed by atoms with Gasteiger partial charge in [0.15, 0.2) is 5.65 Å². The molecule has 0 spiro atoms. The average Bonchev–Trinajstić information content (AvgIpc) is 2.82. The van der Waals surface area contributed by atoms with Crippen molar-refractivity contribution in [3.05, 3.63) is 17.2 Å². The molecular weight excluding hydrogens is 274 g/mol. The van der Waals surface area contributed by atoms with E-state index in [1.807, 2.05) is 7.05 Å². The molecule has 3 rings (SSSR count). The Bertz CT molecular complexity index is 601. The summed E-state index contributed by atoms with van der Waals surface area (Å²) in [6.07, 6.45) is 5.56. The molecule has 0 atom stereocenters. The van der Waals surface area contributed by atoms with Crippen molar-refractivity contribution in [1.29, 1.82) is 0 Å². The first-order chi connectivity index (χ1) is 9.67. The largest absolute Gasteiger partial charge is 0.296 e. The third-order valence-electron chi connectivity index (χ3n) is 4.24. The van der Waals surface area contributed by atoms with Crippen LogP contribution in [0.5, 0.6) is 0 Å². The predicted molar refractivity (Wildman–Crippen MR) is 79.6 cm³/mol. The molecule has 0 amide bonds. The third kappa shape index (κ3) is 2.65. The fourth-order valence-corrected chi connectivity index (χ4v) is 3.08. The normalized spacial score (nSPS) is 17.9. The summed E-state index contributed by atoms with van der Waals surface area (Å²) in [5.74, 6) is 1.68. The third-order valence-corrected chi connectivity index (χ3v) is 4.53. The van der Waals surface area contributed by atoms with Crippen LogP contribution in [0.25, 0.3) is 11.0 Å². The molecule has 0 N–H and O–H groups in total. The molecule has 1 fully saturated rings. The highest BCUT2D eigenvalue weighted by Crippen LogP contribution is 2.23. The van der Waals surface area contributed by atoms with Crippen LogP contribution < -0.4 is 0 Å². The fourth-order valence-electron chi connectivity index (χ4n) is 2.85. The molecular formula is C14H20ClN5. The molecule has 0 aliphatic carbocycles. The molecule has 5 nitrogen and oxygen atoms in total. The molecule has 1 aliphatic heterocycles. The van der Waals surface area contributed by atoms with Crippen molar-refractivity contribution in [2.75, 3.05) is 13.1 Å². The summed E-state index contributed by atoms with van der Waals surface area (Å²) in [6, 6.07) is 0. The number of rotatable bonds is 3. The van der Waals surface area contributed by atoms with Crippen LogP contribution >= 0.6 is 11.6 Å². The molecule has 2 aromatic rings. The second kappa shape index (κ2) is 5.66. The second-order valence-electron chi connectivity index (χ2n) is 5.56. The molecule has 6 heteroatoms. The van der Waals surface area contributed by atoms with E-state index in [0.29, 0.717) is 5.15 Å². The molecule has 0 aromatic carbocycles. The van der Waals surface area contributed by atoms with Gasteiger partial charge in [-0.05, 0) is 31.8 Å². The molecule has 0 radical (unpaired) electrons. The van der Waals surface area contributed by atoms with Gasteiger partial charge in [-0.25, -0.2) is 9.97 Å².